The van der Waals surface area contributed by atoms with Gasteiger partial charge in [-0.2, -0.15) is 0 Å². The molecule has 6 aromatic rings. The molecule has 12 saturated heterocycles. The predicted octanol–water partition coefficient (Wildman–Crippen LogP) is 17.9. The van der Waals surface area contributed by atoms with Crippen LogP contribution in [-0.4, -0.2) is 223 Å². The van der Waals surface area contributed by atoms with Crippen LogP contribution in [0.5, 0.6) is 0 Å². The average Bonchev–Trinajstić information content (AvgIpc) is 1.63. The minimum absolute atomic E-state index is 0.0218. The summed E-state index contributed by atoms with van der Waals surface area (Å²) in [5.41, 5.74) is 10.7. The molecular formula is C100H130BrClFIN6O12. The van der Waals surface area contributed by atoms with Crippen molar-refractivity contribution in [3.05, 3.63) is 208 Å². The van der Waals surface area contributed by atoms with Gasteiger partial charge in [0, 0.05) is 121 Å². The van der Waals surface area contributed by atoms with Crippen LogP contribution in [0.25, 0.3) is 0 Å². The second-order valence-electron chi connectivity index (χ2n) is 36.8. The molecule has 0 amide bonds. The van der Waals surface area contributed by atoms with Crippen LogP contribution in [0.3, 0.4) is 0 Å². The lowest BCUT2D eigenvalue weighted by molar-refractivity contribution is -0.151. The number of halogens is 4. The Hall–Kier alpha value is -6.67. The van der Waals surface area contributed by atoms with Crippen molar-refractivity contribution in [2.45, 2.75) is 251 Å². The summed E-state index contributed by atoms with van der Waals surface area (Å²) in [6.45, 7) is 6.04. The monoisotopic (exact) mass is 1870 g/mol. The molecule has 12 fully saturated rings. The molecule has 12 heterocycles. The van der Waals surface area contributed by atoms with Gasteiger partial charge >= 0.3 is 35.8 Å². The minimum Gasteiger partial charge on any atom is -0.469 e. The first kappa shape index (κ1) is 93.0. The van der Waals surface area contributed by atoms with Gasteiger partial charge in [-0.3, -0.25) is 58.2 Å². The molecule has 660 valence electrons. The number of ether oxygens (including phenoxy) is 6. The van der Waals surface area contributed by atoms with Gasteiger partial charge in [-0.25, -0.2) is 4.39 Å². The van der Waals surface area contributed by atoms with Gasteiger partial charge in [0.1, 0.15) is 5.82 Å². The maximum Gasteiger partial charge on any atom is 0.310 e. The molecule has 22 heteroatoms. The number of fused-ring (bicyclic) bond motifs is 12. The van der Waals surface area contributed by atoms with E-state index in [1.54, 1.807) is 6.92 Å². The van der Waals surface area contributed by atoms with Crippen molar-refractivity contribution in [2.75, 3.05) is 84.9 Å². The zero-order chi connectivity index (χ0) is 87.2. The van der Waals surface area contributed by atoms with E-state index in [-0.39, 0.29) is 101 Å². The molecule has 6 aromatic carbocycles. The van der Waals surface area contributed by atoms with Crippen molar-refractivity contribution in [3.8, 4) is 0 Å². The SMILES string of the molecule is CCc1ccc(C2CC3CCC(C2C(=O)OC)N3C)cc1.COC(=O)C1C(c2ccc(Br)cc2)CC2CCC1N2C.COC(=O)C1C(c2ccc(C)cc2)CC2CCC1N2C.COC(=O)C1C(c2ccc(Cl)cc2)CC2CCC1N2C.COC(=O)C1C(c2ccc(F)c(C)c2)CC2CCC1N2C.COC(=O)C1C(c2ccc(I)cc2)CC2CCC1N2C. The first-order valence-corrected chi connectivity index (χ1v) is 46.9. The highest BCUT2D eigenvalue weighted by Gasteiger charge is 2.56. The second-order valence-corrected chi connectivity index (χ2v) is 39.4. The summed E-state index contributed by atoms with van der Waals surface area (Å²) >= 11 is 11.8. The van der Waals surface area contributed by atoms with Crippen molar-refractivity contribution in [3.63, 3.8) is 0 Å². The second kappa shape index (κ2) is 41.4. The molecule has 0 saturated carbocycles. The number of benzene rings is 6. The molecule has 18 rings (SSSR count). The third-order valence-electron chi connectivity index (χ3n) is 31.3. The summed E-state index contributed by atoms with van der Waals surface area (Å²) in [7, 11) is 21.8. The number of rotatable bonds is 13. The van der Waals surface area contributed by atoms with Gasteiger partial charge in [0.2, 0.25) is 0 Å². The molecule has 24 unspecified atom stereocenters. The number of nitrogens with zero attached hydrogens (tertiary/aromatic N) is 6. The molecule has 12 aliphatic heterocycles. The van der Waals surface area contributed by atoms with Crippen LogP contribution in [0.4, 0.5) is 4.39 Å². The number of esters is 6. The highest BCUT2D eigenvalue weighted by atomic mass is 127. The molecule has 0 aromatic heterocycles. The van der Waals surface area contributed by atoms with Gasteiger partial charge in [0.25, 0.3) is 0 Å². The normalized spacial score (nSPS) is 32.8. The van der Waals surface area contributed by atoms with E-state index in [4.69, 9.17) is 40.0 Å². The Balaban J connectivity index is 0.000000126. The predicted molar refractivity (Wildman–Crippen MR) is 488 cm³/mol. The zero-order valence-corrected chi connectivity index (χ0v) is 78.7. The lowest BCUT2D eigenvalue weighted by Gasteiger charge is -2.41. The van der Waals surface area contributed by atoms with Crippen molar-refractivity contribution in [2.24, 2.45) is 35.5 Å². The highest BCUT2D eigenvalue weighted by Crippen LogP contribution is 2.53. The molecule has 24 atom stereocenters. The maximum atomic E-state index is 13.5. The molecule has 12 bridgehead atoms. The van der Waals surface area contributed by atoms with Gasteiger partial charge in [-0.05, 0) is 288 Å². The number of methoxy groups -OCH3 is 6. The lowest BCUT2D eigenvalue weighted by Crippen LogP contribution is -2.49. The fraction of sp³-hybridized carbons (Fsp3) is 0.580. The van der Waals surface area contributed by atoms with Crippen LogP contribution >= 0.6 is 50.1 Å². The first-order chi connectivity index (χ1) is 58.6. The van der Waals surface area contributed by atoms with E-state index in [0.29, 0.717) is 89.8 Å². The smallest absolute Gasteiger partial charge is 0.310 e. The number of piperidine rings is 6. The summed E-state index contributed by atoms with van der Waals surface area (Å²) < 4.78 is 46.4. The Morgan fingerprint density at radius 3 is 0.836 bits per heavy atom. The Kier molecular flexibility index (Phi) is 31.6. The van der Waals surface area contributed by atoms with E-state index in [9.17, 15) is 33.2 Å². The Bertz CT molecular complexity index is 4180. The van der Waals surface area contributed by atoms with Crippen LogP contribution in [0.15, 0.2) is 144 Å². The third kappa shape index (κ3) is 19.9. The summed E-state index contributed by atoms with van der Waals surface area (Å²) in [6.07, 6.45) is 21.0. The zero-order valence-electron chi connectivity index (χ0n) is 74.2. The van der Waals surface area contributed by atoms with Gasteiger partial charge < -0.3 is 28.4 Å². The molecule has 122 heavy (non-hydrogen) atoms. The van der Waals surface area contributed by atoms with Gasteiger partial charge in [-0.15, -0.1) is 0 Å². The van der Waals surface area contributed by atoms with E-state index in [2.05, 4.69) is 221 Å². The Morgan fingerprint density at radius 1 is 0.352 bits per heavy atom. The van der Waals surface area contributed by atoms with Crippen molar-refractivity contribution in [1.82, 2.24) is 29.4 Å². The molecule has 0 aliphatic carbocycles. The number of aryl methyl sites for hydroxylation is 3. The van der Waals surface area contributed by atoms with Gasteiger partial charge in [-0.1, -0.05) is 137 Å². The van der Waals surface area contributed by atoms with E-state index < -0.39 is 0 Å². The summed E-state index contributed by atoms with van der Waals surface area (Å²) in [6, 6.07) is 53.1. The molecule has 0 radical (unpaired) electrons. The maximum absolute atomic E-state index is 13.5. The van der Waals surface area contributed by atoms with Gasteiger partial charge in [0.05, 0.1) is 78.2 Å². The van der Waals surface area contributed by atoms with Gasteiger partial charge in [0.15, 0.2) is 0 Å². The van der Waals surface area contributed by atoms with E-state index in [1.807, 2.05) is 36.4 Å². The van der Waals surface area contributed by atoms with Crippen molar-refractivity contribution in [1.29, 1.82) is 0 Å². The van der Waals surface area contributed by atoms with Crippen molar-refractivity contribution < 1.29 is 61.6 Å². The lowest BCUT2D eigenvalue weighted by atomic mass is 9.76. The standard InChI is InChI=1S/C18H25NO2.C17H22FNO2.C17H23NO2.C16H20BrNO2.C16H20ClNO2.C16H20INO2/c1-4-12-5-7-13(8-6-12)15-11-14-9-10-16(19(14)2)17(15)18(20)21-3;1-10-8-11(4-6-14(10)18)13-9-12-5-7-15(19(12)2)16(13)17(20)21-3;1-11-4-6-12(7-5-11)14-10-13-8-9-15(18(13)2)16(14)17(19)20-3;3*1-18-12-7-8-14(18)15(16(19)20-2)13(9-12)10-3-5-11(17)6-4-10/h5-8,14-17H,4,9-11H2,1-3H3;4,6,8,12-13,15-16H,5,7,9H2,1-3H3;4-7,13-16H,8-10H2,1-3H3;3*3-6,12-15H,7-9H2,1-2H3. The minimum atomic E-state index is -0.190. The largest absolute Gasteiger partial charge is 0.469 e. The number of carbonyl (C=O) groups is 6. The van der Waals surface area contributed by atoms with Crippen LogP contribution in [0.2, 0.25) is 5.02 Å². The van der Waals surface area contributed by atoms with Crippen LogP contribution < -0.4 is 0 Å². The molecule has 12 aliphatic rings. The summed E-state index contributed by atoms with van der Waals surface area (Å²) in [5.74, 6) is 0.626. The summed E-state index contributed by atoms with van der Waals surface area (Å²) in [5, 5.41) is 0.735. The van der Waals surface area contributed by atoms with E-state index >= 15 is 0 Å². The highest BCUT2D eigenvalue weighted by molar-refractivity contribution is 14.1. The Morgan fingerprint density at radius 2 is 0.582 bits per heavy atom. The number of hydrogen-bond acceptors (Lipinski definition) is 18. The van der Waals surface area contributed by atoms with E-state index in [1.165, 1.54) is 123 Å². The first-order valence-electron chi connectivity index (χ1n) is 44.6. The molecule has 0 N–H and O–H groups in total. The van der Waals surface area contributed by atoms with Crippen LogP contribution in [0.1, 0.15) is 208 Å². The third-order valence-corrected chi connectivity index (χ3v) is 32.8. The van der Waals surface area contributed by atoms with Crippen LogP contribution in [-0.2, 0) is 63.6 Å². The number of carbonyl (C=O) groups excluding carboxylic acids is 6. The fourth-order valence-corrected chi connectivity index (χ4v) is 25.2. The molecule has 0 spiro atoms. The summed E-state index contributed by atoms with van der Waals surface area (Å²) in [4.78, 5) is 88.1. The Labute approximate surface area is 751 Å². The number of hydrogen-bond donors (Lipinski definition) is 0. The fourth-order valence-electron chi connectivity index (χ4n) is 24.4. The molecule has 18 nitrogen and oxygen atoms in total. The average molecular weight is 1870 g/mol. The topological polar surface area (TPSA) is 177 Å². The van der Waals surface area contributed by atoms with Crippen LogP contribution in [0, 0.1) is 58.7 Å². The van der Waals surface area contributed by atoms with Crippen molar-refractivity contribution >= 4 is 85.9 Å². The van der Waals surface area contributed by atoms with E-state index in [0.717, 1.165) is 105 Å². The quantitative estimate of drug-likeness (QED) is 0.0605. The molecular weight excluding hydrogens is 1740 g/mol.